The maximum absolute atomic E-state index is 11.9. The van der Waals surface area contributed by atoms with Crippen molar-refractivity contribution in [2.75, 3.05) is 20.2 Å². The third-order valence-corrected chi connectivity index (χ3v) is 6.18. The number of rotatable bonds is 8. The number of H-pyrrole nitrogens is 1. The van der Waals surface area contributed by atoms with Gasteiger partial charge in [-0.05, 0) is 42.8 Å². The number of aromatic nitrogens is 1. The number of methoxy groups -OCH3 is 1. The number of carbonyl (C=O) groups is 1. The summed E-state index contributed by atoms with van der Waals surface area (Å²) in [4.78, 5) is 17.8. The molecule has 0 spiro atoms. The van der Waals surface area contributed by atoms with Crippen LogP contribution in [0.2, 0.25) is 0 Å². The van der Waals surface area contributed by atoms with Gasteiger partial charge in [-0.2, -0.15) is 0 Å². The number of benzene rings is 2. The highest BCUT2D eigenvalue weighted by Crippen LogP contribution is 2.36. The van der Waals surface area contributed by atoms with Crippen LogP contribution in [0.3, 0.4) is 0 Å². The van der Waals surface area contributed by atoms with E-state index in [1.165, 1.54) is 0 Å². The van der Waals surface area contributed by atoms with E-state index < -0.39 is 12.0 Å². The minimum Gasteiger partial charge on any atom is -0.496 e. The fourth-order valence-corrected chi connectivity index (χ4v) is 4.66. The molecule has 1 aliphatic heterocycles. The summed E-state index contributed by atoms with van der Waals surface area (Å²) in [5.41, 5.74) is 6.35. The fraction of sp³-hybridized carbons (Fsp3) is 0.346. The quantitative estimate of drug-likeness (QED) is 0.463. The standard InChI is InChI=1S/C26H31N3O3/c1-5-29(14-16(2)3)15-18-12-17(10-11-23(18)32-4)24-25-20(13-22(28-24)26(30)31)19-8-6-7-9-21(19)27-25/h6-12,22,24,27-28H,2,5,13-15H2,1,3-4H3,(H,30,31)/t22-,24+/m1/s1. The van der Waals surface area contributed by atoms with Gasteiger partial charge in [0.1, 0.15) is 11.8 Å². The first-order valence-corrected chi connectivity index (χ1v) is 11.0. The number of aromatic amines is 1. The Morgan fingerprint density at radius 1 is 1.28 bits per heavy atom. The van der Waals surface area contributed by atoms with Crippen LogP contribution in [0.1, 0.15) is 42.3 Å². The largest absolute Gasteiger partial charge is 0.496 e. The molecule has 0 unspecified atom stereocenters. The predicted molar refractivity (Wildman–Crippen MR) is 127 cm³/mol. The van der Waals surface area contributed by atoms with Gasteiger partial charge in [0.15, 0.2) is 0 Å². The number of hydrogen-bond acceptors (Lipinski definition) is 4. The second kappa shape index (κ2) is 9.18. The zero-order valence-electron chi connectivity index (χ0n) is 18.9. The lowest BCUT2D eigenvalue weighted by Gasteiger charge is -2.30. The van der Waals surface area contributed by atoms with E-state index in [0.29, 0.717) is 6.42 Å². The molecule has 0 radical (unpaired) electrons. The van der Waals surface area contributed by atoms with Gasteiger partial charge >= 0.3 is 5.97 Å². The molecule has 2 aromatic carbocycles. The number of ether oxygens (including phenoxy) is 1. The first-order chi connectivity index (χ1) is 15.4. The van der Waals surface area contributed by atoms with Crippen LogP contribution in [0.5, 0.6) is 5.75 Å². The highest BCUT2D eigenvalue weighted by molar-refractivity contribution is 5.87. The van der Waals surface area contributed by atoms with Gasteiger partial charge in [-0.15, -0.1) is 0 Å². The summed E-state index contributed by atoms with van der Waals surface area (Å²) in [5.74, 6) is -0.00494. The van der Waals surface area contributed by atoms with Crippen LogP contribution in [-0.4, -0.2) is 47.2 Å². The second-order valence-corrected chi connectivity index (χ2v) is 8.59. The Hall–Kier alpha value is -3.09. The minimum absolute atomic E-state index is 0.242. The van der Waals surface area contributed by atoms with Crippen molar-refractivity contribution in [2.45, 2.75) is 38.9 Å². The molecule has 0 aliphatic carbocycles. The Morgan fingerprint density at radius 2 is 2.06 bits per heavy atom. The molecule has 2 heterocycles. The zero-order valence-corrected chi connectivity index (χ0v) is 18.9. The Balaban J connectivity index is 1.77. The Bertz CT molecular complexity index is 1150. The Kier molecular flexibility index (Phi) is 6.35. The van der Waals surface area contributed by atoms with Gasteiger partial charge in [0.25, 0.3) is 0 Å². The molecule has 2 atom stereocenters. The maximum Gasteiger partial charge on any atom is 0.321 e. The van der Waals surface area contributed by atoms with E-state index in [1.807, 2.05) is 37.3 Å². The van der Waals surface area contributed by atoms with Gasteiger partial charge in [-0.25, -0.2) is 0 Å². The smallest absolute Gasteiger partial charge is 0.321 e. The molecule has 3 aromatic rings. The van der Waals surface area contributed by atoms with Gasteiger partial charge in [0.05, 0.1) is 13.2 Å². The van der Waals surface area contributed by atoms with Crippen LogP contribution in [0.15, 0.2) is 54.6 Å². The number of carboxylic acid groups (broad SMARTS) is 1. The van der Waals surface area contributed by atoms with Crippen molar-refractivity contribution in [1.29, 1.82) is 0 Å². The van der Waals surface area contributed by atoms with Crippen LogP contribution < -0.4 is 10.1 Å². The normalized spacial score (nSPS) is 18.0. The number of likely N-dealkylation sites (N-methyl/N-ethyl adjacent to an activating group) is 1. The van der Waals surface area contributed by atoms with Gasteiger partial charge in [0, 0.05) is 41.7 Å². The van der Waals surface area contributed by atoms with Crippen LogP contribution in [0.25, 0.3) is 10.9 Å². The molecule has 1 aromatic heterocycles. The summed E-state index contributed by atoms with van der Waals surface area (Å²) < 4.78 is 5.64. The third-order valence-electron chi connectivity index (χ3n) is 6.18. The number of carboxylic acids is 1. The second-order valence-electron chi connectivity index (χ2n) is 8.59. The molecule has 32 heavy (non-hydrogen) atoms. The average Bonchev–Trinajstić information content (AvgIpc) is 3.16. The molecule has 0 saturated carbocycles. The lowest BCUT2D eigenvalue weighted by Crippen LogP contribution is -2.45. The van der Waals surface area contributed by atoms with Crippen molar-refractivity contribution < 1.29 is 14.6 Å². The Morgan fingerprint density at radius 3 is 2.75 bits per heavy atom. The predicted octanol–water partition coefficient (Wildman–Crippen LogP) is 4.26. The summed E-state index contributed by atoms with van der Waals surface area (Å²) in [6, 6.07) is 13.3. The third kappa shape index (κ3) is 4.29. The van der Waals surface area contributed by atoms with Crippen molar-refractivity contribution >= 4 is 16.9 Å². The van der Waals surface area contributed by atoms with Crippen LogP contribution >= 0.6 is 0 Å². The van der Waals surface area contributed by atoms with Crippen molar-refractivity contribution in [3.05, 3.63) is 77.0 Å². The Labute approximate surface area is 188 Å². The first kappa shape index (κ1) is 22.1. The van der Waals surface area contributed by atoms with E-state index >= 15 is 0 Å². The maximum atomic E-state index is 11.9. The van der Waals surface area contributed by atoms with Crippen LogP contribution in [-0.2, 0) is 17.8 Å². The van der Waals surface area contributed by atoms with E-state index in [4.69, 9.17) is 4.74 Å². The number of aliphatic carboxylic acids is 1. The molecule has 0 saturated heterocycles. The first-order valence-electron chi connectivity index (χ1n) is 11.0. The van der Waals surface area contributed by atoms with E-state index in [2.05, 4.69) is 40.8 Å². The number of fused-ring (bicyclic) bond motifs is 3. The van der Waals surface area contributed by atoms with Gasteiger partial charge in [-0.1, -0.05) is 43.3 Å². The van der Waals surface area contributed by atoms with Crippen molar-refractivity contribution in [3.63, 3.8) is 0 Å². The lowest BCUT2D eigenvalue weighted by atomic mass is 9.89. The molecule has 6 nitrogen and oxygen atoms in total. The zero-order chi connectivity index (χ0) is 22.8. The van der Waals surface area contributed by atoms with Gasteiger partial charge < -0.3 is 14.8 Å². The highest BCUT2D eigenvalue weighted by Gasteiger charge is 2.34. The van der Waals surface area contributed by atoms with E-state index in [-0.39, 0.29) is 6.04 Å². The monoisotopic (exact) mass is 433 g/mol. The number of hydrogen-bond donors (Lipinski definition) is 3. The van der Waals surface area contributed by atoms with Gasteiger partial charge in [-0.3, -0.25) is 15.0 Å². The van der Waals surface area contributed by atoms with E-state index in [0.717, 1.165) is 64.2 Å². The summed E-state index contributed by atoms with van der Waals surface area (Å²) in [6.45, 7) is 10.7. The molecular formula is C26H31N3O3. The molecule has 0 amide bonds. The molecule has 3 N–H and O–H groups in total. The summed E-state index contributed by atoms with van der Waals surface area (Å²) in [7, 11) is 1.68. The summed E-state index contributed by atoms with van der Waals surface area (Å²) in [6.07, 6.45) is 0.455. The molecule has 4 rings (SSSR count). The fourth-order valence-electron chi connectivity index (χ4n) is 4.66. The molecule has 0 bridgehead atoms. The number of nitrogens with zero attached hydrogens (tertiary/aromatic N) is 1. The van der Waals surface area contributed by atoms with Crippen LogP contribution in [0, 0.1) is 0 Å². The average molecular weight is 434 g/mol. The summed E-state index contributed by atoms with van der Waals surface area (Å²) >= 11 is 0. The van der Waals surface area contributed by atoms with E-state index in [9.17, 15) is 9.90 Å². The highest BCUT2D eigenvalue weighted by atomic mass is 16.5. The minimum atomic E-state index is -0.835. The van der Waals surface area contributed by atoms with Crippen molar-refractivity contribution in [2.24, 2.45) is 0 Å². The molecule has 1 aliphatic rings. The lowest BCUT2D eigenvalue weighted by molar-refractivity contribution is -0.139. The van der Waals surface area contributed by atoms with Crippen LogP contribution in [0.4, 0.5) is 0 Å². The molecule has 168 valence electrons. The topological polar surface area (TPSA) is 77.6 Å². The molecule has 6 heteroatoms. The molecular weight excluding hydrogens is 402 g/mol. The number of nitrogens with one attached hydrogen (secondary N) is 2. The summed E-state index contributed by atoms with van der Waals surface area (Å²) in [5, 5.41) is 14.2. The van der Waals surface area contributed by atoms with Crippen molar-refractivity contribution in [1.82, 2.24) is 15.2 Å². The van der Waals surface area contributed by atoms with E-state index in [1.54, 1.807) is 7.11 Å². The SMILES string of the molecule is C=C(C)CN(CC)Cc1cc([C@@H]2N[C@@H](C(=O)O)Cc3c2[nH]c2ccccc32)ccc1OC. The molecule has 0 fully saturated rings. The van der Waals surface area contributed by atoms with Crippen molar-refractivity contribution in [3.8, 4) is 5.75 Å². The number of para-hydroxylation sites is 1. The van der Waals surface area contributed by atoms with Gasteiger partial charge in [0.2, 0.25) is 0 Å².